The first-order chi connectivity index (χ1) is 13.4. The van der Waals surface area contributed by atoms with Gasteiger partial charge in [0.1, 0.15) is 0 Å². The van der Waals surface area contributed by atoms with E-state index in [4.69, 9.17) is 4.98 Å². The van der Waals surface area contributed by atoms with E-state index in [2.05, 4.69) is 55.3 Å². The van der Waals surface area contributed by atoms with Gasteiger partial charge in [0.15, 0.2) is 5.17 Å². The van der Waals surface area contributed by atoms with E-state index in [0.29, 0.717) is 10.7 Å². The van der Waals surface area contributed by atoms with Crippen LogP contribution in [0.3, 0.4) is 0 Å². The summed E-state index contributed by atoms with van der Waals surface area (Å²) in [6.45, 7) is 7.34. The van der Waals surface area contributed by atoms with Crippen molar-refractivity contribution in [2.75, 3.05) is 12.3 Å². The van der Waals surface area contributed by atoms with E-state index in [9.17, 15) is 4.79 Å². The second-order valence-electron chi connectivity index (χ2n) is 7.89. The number of carbonyl (C=O) groups excluding carboxylic acids is 1. The minimum Gasteiger partial charge on any atom is -0.301 e. The van der Waals surface area contributed by atoms with Crippen molar-refractivity contribution in [3.8, 4) is 11.3 Å². The lowest BCUT2D eigenvalue weighted by molar-refractivity contribution is 0.0979. The fourth-order valence-electron chi connectivity index (χ4n) is 3.23. The first-order valence-corrected chi connectivity index (χ1v) is 10.4. The molecule has 0 aliphatic carbocycles. The van der Waals surface area contributed by atoms with Crippen LogP contribution in [-0.2, 0) is 5.41 Å². The Hall–Kier alpha value is -2.66. The van der Waals surface area contributed by atoms with E-state index in [-0.39, 0.29) is 11.3 Å². The van der Waals surface area contributed by atoms with Crippen molar-refractivity contribution in [1.29, 1.82) is 0 Å². The topological polar surface area (TPSA) is 54.4 Å². The Kier molecular flexibility index (Phi) is 4.94. The number of nitrogens with one attached hydrogen (secondary N) is 1. The average molecular weight is 390 g/mol. The van der Waals surface area contributed by atoms with Gasteiger partial charge < -0.3 is 5.32 Å². The first-order valence-electron chi connectivity index (χ1n) is 9.41. The Bertz CT molecular complexity index is 1070. The first kappa shape index (κ1) is 18.7. The van der Waals surface area contributed by atoms with Gasteiger partial charge in [0.2, 0.25) is 0 Å². The number of aliphatic imine (C=N–C) groups is 1. The molecule has 1 aromatic heterocycles. The number of aromatic nitrogens is 1. The summed E-state index contributed by atoms with van der Waals surface area (Å²) in [6.07, 6.45) is 0. The summed E-state index contributed by atoms with van der Waals surface area (Å²) in [6, 6.07) is 18.1. The largest absolute Gasteiger partial charge is 0.301 e. The van der Waals surface area contributed by atoms with Gasteiger partial charge in [-0.05, 0) is 23.1 Å². The summed E-state index contributed by atoms with van der Waals surface area (Å²) in [5, 5.41) is 4.48. The summed E-state index contributed by atoms with van der Waals surface area (Å²) in [5.41, 5.74) is 4.60. The average Bonchev–Trinajstić information content (AvgIpc) is 3.19. The molecule has 2 aromatic carbocycles. The van der Waals surface area contributed by atoms with Crippen LogP contribution < -0.4 is 5.32 Å². The van der Waals surface area contributed by atoms with Crippen LogP contribution in [0.4, 0.5) is 0 Å². The molecule has 0 unspecified atom stereocenters. The molecule has 1 aliphatic heterocycles. The van der Waals surface area contributed by atoms with E-state index >= 15 is 0 Å². The molecule has 1 aliphatic rings. The number of nitrogens with zero attached hydrogens (tertiary/aromatic N) is 2. The van der Waals surface area contributed by atoms with Gasteiger partial charge in [0.25, 0.3) is 5.91 Å². The van der Waals surface area contributed by atoms with E-state index in [0.717, 1.165) is 34.5 Å². The van der Waals surface area contributed by atoms with Gasteiger partial charge in [-0.1, -0.05) is 75.0 Å². The summed E-state index contributed by atoms with van der Waals surface area (Å²) < 4.78 is 0. The fourth-order valence-corrected chi connectivity index (χ4v) is 3.95. The molecule has 0 bridgehead atoms. The number of benzene rings is 2. The molecule has 0 fully saturated rings. The van der Waals surface area contributed by atoms with Crippen molar-refractivity contribution in [3.63, 3.8) is 0 Å². The van der Waals surface area contributed by atoms with E-state index in [1.165, 1.54) is 5.56 Å². The van der Waals surface area contributed by atoms with Crippen molar-refractivity contribution in [2.45, 2.75) is 26.2 Å². The Morgan fingerprint density at radius 2 is 1.82 bits per heavy atom. The molecular weight excluding hydrogens is 366 g/mol. The molecule has 0 radical (unpaired) electrons. The van der Waals surface area contributed by atoms with Crippen LogP contribution in [0, 0.1) is 0 Å². The maximum Gasteiger partial charge on any atom is 0.257 e. The smallest absolute Gasteiger partial charge is 0.257 e. The van der Waals surface area contributed by atoms with Crippen molar-refractivity contribution in [3.05, 3.63) is 65.7 Å². The van der Waals surface area contributed by atoms with Gasteiger partial charge in [-0.3, -0.25) is 9.79 Å². The van der Waals surface area contributed by atoms with Gasteiger partial charge >= 0.3 is 0 Å². The van der Waals surface area contributed by atoms with E-state index in [1.54, 1.807) is 11.8 Å². The van der Waals surface area contributed by atoms with Gasteiger partial charge in [0, 0.05) is 16.7 Å². The third-order valence-corrected chi connectivity index (χ3v) is 5.70. The zero-order valence-corrected chi connectivity index (χ0v) is 17.1. The number of amides is 1. The lowest BCUT2D eigenvalue weighted by Gasteiger charge is -2.19. The molecule has 28 heavy (non-hydrogen) atoms. The zero-order valence-electron chi connectivity index (χ0n) is 16.3. The highest BCUT2D eigenvalue weighted by Gasteiger charge is 2.18. The lowest BCUT2D eigenvalue weighted by atomic mass is 9.86. The highest BCUT2D eigenvalue weighted by molar-refractivity contribution is 8.14. The van der Waals surface area contributed by atoms with Crippen LogP contribution in [-0.4, -0.2) is 28.4 Å². The number of fused-ring (bicyclic) bond motifs is 1. The molecule has 0 saturated heterocycles. The summed E-state index contributed by atoms with van der Waals surface area (Å²) in [5.74, 6) is 0.775. The van der Waals surface area contributed by atoms with E-state index < -0.39 is 0 Å². The number of rotatable bonds is 2. The lowest BCUT2D eigenvalue weighted by Crippen LogP contribution is -2.27. The Labute approximate surface area is 169 Å². The van der Waals surface area contributed by atoms with Crippen molar-refractivity contribution >= 4 is 33.7 Å². The number of hydrogen-bond acceptors (Lipinski definition) is 4. The van der Waals surface area contributed by atoms with Crippen LogP contribution in [0.25, 0.3) is 22.2 Å². The molecule has 0 spiro atoms. The molecule has 1 N–H and O–H groups in total. The van der Waals surface area contributed by atoms with Crippen molar-refractivity contribution < 1.29 is 4.79 Å². The summed E-state index contributed by atoms with van der Waals surface area (Å²) >= 11 is 1.58. The number of carbonyl (C=O) groups is 1. The molecule has 3 aromatic rings. The Balaban J connectivity index is 1.76. The highest BCUT2D eigenvalue weighted by Crippen LogP contribution is 2.28. The van der Waals surface area contributed by atoms with Crippen molar-refractivity contribution in [1.82, 2.24) is 10.3 Å². The van der Waals surface area contributed by atoms with Gasteiger partial charge in [-0.15, -0.1) is 0 Å². The molecule has 4 nitrogen and oxygen atoms in total. The Morgan fingerprint density at radius 3 is 2.50 bits per heavy atom. The zero-order chi connectivity index (χ0) is 19.7. The number of amidine groups is 1. The summed E-state index contributed by atoms with van der Waals surface area (Å²) in [4.78, 5) is 22.1. The molecule has 0 atom stereocenters. The van der Waals surface area contributed by atoms with Gasteiger partial charge in [-0.2, -0.15) is 0 Å². The standard InChI is InChI=1S/C23H23N3OS/c1-23(2,3)16-10-8-15(9-11-16)20-14-18(17-6-4-5-7-19(17)25-20)21(27)26-22-24-12-13-28-22/h4-11,14H,12-13H2,1-3H3,(H,24,26,27). The second kappa shape index (κ2) is 7.40. The molecule has 1 amide bonds. The van der Waals surface area contributed by atoms with Crippen LogP contribution in [0.1, 0.15) is 36.7 Å². The molecule has 5 heteroatoms. The predicted octanol–water partition coefficient (Wildman–Crippen LogP) is 5.03. The summed E-state index contributed by atoms with van der Waals surface area (Å²) in [7, 11) is 0. The van der Waals surface area contributed by atoms with Crippen LogP contribution in [0.5, 0.6) is 0 Å². The third kappa shape index (κ3) is 3.80. The maximum atomic E-state index is 13.0. The van der Waals surface area contributed by atoms with Crippen molar-refractivity contribution in [2.24, 2.45) is 4.99 Å². The van der Waals surface area contributed by atoms with Crippen LogP contribution in [0.2, 0.25) is 0 Å². The Morgan fingerprint density at radius 1 is 1.07 bits per heavy atom. The molecular formula is C23H23N3OS. The quantitative estimate of drug-likeness (QED) is 0.669. The minimum absolute atomic E-state index is 0.0973. The van der Waals surface area contributed by atoms with Gasteiger partial charge in [0.05, 0.1) is 23.3 Å². The number of thioether (sulfide) groups is 1. The number of para-hydroxylation sites is 1. The number of pyridine rings is 1. The SMILES string of the molecule is CC(C)(C)c1ccc(-c2cc(C(=O)NC3=NCCS3)c3ccccc3n2)cc1. The molecule has 2 heterocycles. The second-order valence-corrected chi connectivity index (χ2v) is 8.97. The normalized spacial score (nSPS) is 14.2. The molecule has 142 valence electrons. The van der Waals surface area contributed by atoms with Gasteiger partial charge in [-0.25, -0.2) is 4.98 Å². The number of hydrogen-bond donors (Lipinski definition) is 1. The molecule has 4 rings (SSSR count). The third-order valence-electron chi connectivity index (χ3n) is 4.81. The van der Waals surface area contributed by atoms with Crippen LogP contribution in [0.15, 0.2) is 59.6 Å². The highest BCUT2D eigenvalue weighted by atomic mass is 32.2. The predicted molar refractivity (Wildman–Crippen MR) is 118 cm³/mol. The molecule has 0 saturated carbocycles. The maximum absolute atomic E-state index is 13.0. The van der Waals surface area contributed by atoms with Crippen LogP contribution >= 0.6 is 11.8 Å². The monoisotopic (exact) mass is 389 g/mol. The van der Waals surface area contributed by atoms with E-state index in [1.807, 2.05) is 30.3 Å². The fraction of sp³-hybridized carbons (Fsp3) is 0.261. The minimum atomic E-state index is -0.140.